The van der Waals surface area contributed by atoms with Gasteiger partial charge in [-0.3, -0.25) is 14.6 Å². The molecular weight excluding hydrogens is 437 g/mol. The van der Waals surface area contributed by atoms with E-state index >= 15 is 0 Å². The molecule has 0 radical (unpaired) electrons. The van der Waals surface area contributed by atoms with E-state index in [1.807, 2.05) is 18.7 Å². The second kappa shape index (κ2) is 11.6. The van der Waals surface area contributed by atoms with Gasteiger partial charge in [-0.1, -0.05) is 25.1 Å². The summed E-state index contributed by atoms with van der Waals surface area (Å²) < 4.78 is 51.4. The molecule has 1 fully saturated rings. The normalized spacial score (nSPS) is 16.2. The lowest BCUT2D eigenvalue weighted by atomic mass is 10.1. The average molecular weight is 469 g/mol. The van der Waals surface area contributed by atoms with Crippen LogP contribution in [0.4, 0.5) is 13.2 Å². The number of rotatable bonds is 10. The van der Waals surface area contributed by atoms with Crippen molar-refractivity contribution in [3.05, 3.63) is 53.2 Å². The van der Waals surface area contributed by atoms with Gasteiger partial charge in [0.2, 0.25) is 5.89 Å². The first-order valence-corrected chi connectivity index (χ1v) is 11.2. The van der Waals surface area contributed by atoms with Gasteiger partial charge in [-0.15, -0.1) is 0 Å². The van der Waals surface area contributed by atoms with E-state index in [-0.39, 0.29) is 42.2 Å². The predicted molar refractivity (Wildman–Crippen MR) is 117 cm³/mol. The maximum absolute atomic E-state index is 13.5. The number of hydrogen-bond donors (Lipinski definition) is 1. The number of amides is 1. The van der Waals surface area contributed by atoms with Crippen LogP contribution in [0.2, 0.25) is 0 Å². The van der Waals surface area contributed by atoms with Crippen molar-refractivity contribution in [1.82, 2.24) is 20.1 Å². The maximum atomic E-state index is 13.5. The lowest BCUT2D eigenvalue weighted by Gasteiger charge is -2.30. The van der Waals surface area contributed by atoms with E-state index < -0.39 is 11.7 Å². The Labute approximate surface area is 191 Å². The highest BCUT2D eigenvalue weighted by Gasteiger charge is 2.33. The molecule has 2 heterocycles. The van der Waals surface area contributed by atoms with Gasteiger partial charge in [-0.2, -0.15) is 13.2 Å². The summed E-state index contributed by atoms with van der Waals surface area (Å²) in [7, 11) is 0. The molecular formula is C23H31F3N4O3. The fraction of sp³-hybridized carbons (Fsp3) is 0.565. The molecule has 1 aromatic heterocycles. The largest absolute Gasteiger partial charge is 0.447 e. The van der Waals surface area contributed by atoms with E-state index in [9.17, 15) is 18.0 Å². The number of oxazole rings is 1. The third kappa shape index (κ3) is 7.55. The molecule has 1 aliphatic heterocycles. The first kappa shape index (κ1) is 25.2. The van der Waals surface area contributed by atoms with Gasteiger partial charge in [-0.05, 0) is 25.0 Å². The van der Waals surface area contributed by atoms with Crippen molar-refractivity contribution >= 4 is 5.91 Å². The summed E-state index contributed by atoms with van der Waals surface area (Å²) in [6.07, 6.45) is -2.36. The van der Waals surface area contributed by atoms with Crippen LogP contribution in [0, 0.1) is 0 Å². The summed E-state index contributed by atoms with van der Waals surface area (Å²) in [6, 6.07) is 5.58. The number of nitrogens with zero attached hydrogens (tertiary/aromatic N) is 3. The van der Waals surface area contributed by atoms with E-state index in [0.29, 0.717) is 26.3 Å². The van der Waals surface area contributed by atoms with E-state index in [0.717, 1.165) is 25.6 Å². The molecule has 33 heavy (non-hydrogen) atoms. The molecule has 1 N–H and O–H groups in total. The Balaban J connectivity index is 1.73. The fourth-order valence-electron chi connectivity index (χ4n) is 3.58. The molecule has 1 unspecified atom stereocenters. The summed E-state index contributed by atoms with van der Waals surface area (Å²) >= 11 is 0. The Morgan fingerprint density at radius 3 is 2.67 bits per heavy atom. The molecule has 0 spiro atoms. The van der Waals surface area contributed by atoms with Gasteiger partial charge in [0.25, 0.3) is 5.91 Å². The SMILES string of the molecule is CCC(C)NC(=O)c1coc(CN(CCN2CCOCC2)Cc2ccccc2C(F)(F)F)n1. The molecule has 0 aliphatic carbocycles. The lowest BCUT2D eigenvalue weighted by molar-refractivity contribution is -0.138. The minimum Gasteiger partial charge on any atom is -0.447 e. The fourth-order valence-corrected chi connectivity index (χ4v) is 3.58. The Hall–Kier alpha value is -2.43. The van der Waals surface area contributed by atoms with Crippen LogP contribution < -0.4 is 5.32 Å². The van der Waals surface area contributed by atoms with Crippen LogP contribution in [-0.4, -0.2) is 66.1 Å². The lowest BCUT2D eigenvalue weighted by Crippen LogP contribution is -2.41. The number of hydrogen-bond acceptors (Lipinski definition) is 6. The van der Waals surface area contributed by atoms with E-state index in [1.54, 1.807) is 6.07 Å². The molecule has 1 saturated heterocycles. The second-order valence-corrected chi connectivity index (χ2v) is 8.23. The van der Waals surface area contributed by atoms with Gasteiger partial charge in [0.1, 0.15) is 6.26 Å². The van der Waals surface area contributed by atoms with E-state index in [1.165, 1.54) is 18.4 Å². The van der Waals surface area contributed by atoms with Gasteiger partial charge >= 0.3 is 6.18 Å². The summed E-state index contributed by atoms with van der Waals surface area (Å²) in [5.74, 6) is -0.0441. The van der Waals surface area contributed by atoms with Crippen LogP contribution in [-0.2, 0) is 24.0 Å². The topological polar surface area (TPSA) is 70.8 Å². The summed E-state index contributed by atoms with van der Waals surface area (Å²) in [4.78, 5) is 20.6. The zero-order valence-corrected chi connectivity index (χ0v) is 19.0. The second-order valence-electron chi connectivity index (χ2n) is 8.23. The molecule has 1 amide bonds. The zero-order chi connectivity index (χ0) is 23.8. The van der Waals surface area contributed by atoms with Crippen molar-refractivity contribution in [3.8, 4) is 0 Å². The number of carbonyl (C=O) groups excluding carboxylic acids is 1. The molecule has 182 valence electrons. The Morgan fingerprint density at radius 2 is 1.97 bits per heavy atom. The first-order valence-electron chi connectivity index (χ1n) is 11.2. The Bertz CT molecular complexity index is 897. The number of ether oxygens (including phenoxy) is 1. The molecule has 0 saturated carbocycles. The number of halogens is 3. The van der Waals surface area contributed by atoms with Crippen molar-refractivity contribution in [2.75, 3.05) is 39.4 Å². The molecule has 1 atom stereocenters. The molecule has 1 aliphatic rings. The van der Waals surface area contributed by atoms with Crippen LogP contribution in [0.15, 0.2) is 34.9 Å². The molecule has 7 nitrogen and oxygen atoms in total. The smallest absolute Gasteiger partial charge is 0.416 e. The highest BCUT2D eigenvalue weighted by Crippen LogP contribution is 2.32. The number of benzene rings is 1. The van der Waals surface area contributed by atoms with Gasteiger partial charge in [0.15, 0.2) is 5.69 Å². The molecule has 2 aromatic rings. The van der Waals surface area contributed by atoms with Crippen LogP contribution in [0.25, 0.3) is 0 Å². The number of nitrogens with one attached hydrogen (secondary N) is 1. The zero-order valence-electron chi connectivity index (χ0n) is 19.0. The highest BCUT2D eigenvalue weighted by molar-refractivity contribution is 5.92. The van der Waals surface area contributed by atoms with Crippen LogP contribution >= 0.6 is 0 Å². The average Bonchev–Trinajstić information content (AvgIpc) is 3.26. The van der Waals surface area contributed by atoms with E-state index in [4.69, 9.17) is 9.15 Å². The monoisotopic (exact) mass is 468 g/mol. The summed E-state index contributed by atoms with van der Waals surface area (Å²) in [6.45, 7) is 8.18. The highest BCUT2D eigenvalue weighted by atomic mass is 19.4. The van der Waals surface area contributed by atoms with Crippen LogP contribution in [0.5, 0.6) is 0 Å². The van der Waals surface area contributed by atoms with Gasteiger partial charge < -0.3 is 14.5 Å². The van der Waals surface area contributed by atoms with Crippen molar-refractivity contribution in [3.63, 3.8) is 0 Å². The van der Waals surface area contributed by atoms with Crippen LogP contribution in [0.1, 0.15) is 47.8 Å². The van der Waals surface area contributed by atoms with Crippen molar-refractivity contribution < 1.29 is 27.1 Å². The maximum Gasteiger partial charge on any atom is 0.416 e. The Kier molecular flexibility index (Phi) is 8.87. The molecule has 0 bridgehead atoms. The van der Waals surface area contributed by atoms with Gasteiger partial charge in [-0.25, -0.2) is 4.98 Å². The standard InChI is InChI=1S/C23H31F3N4O3/c1-3-17(2)27-22(31)20-16-33-21(28-20)15-30(9-8-29-10-12-32-13-11-29)14-18-6-4-5-7-19(18)23(24,25)26/h4-7,16-17H,3,8-15H2,1-2H3,(H,27,31). The van der Waals surface area contributed by atoms with Crippen molar-refractivity contribution in [2.24, 2.45) is 0 Å². The summed E-state index contributed by atoms with van der Waals surface area (Å²) in [5.41, 5.74) is -0.301. The molecule has 10 heteroatoms. The number of carbonyl (C=O) groups is 1. The molecule has 1 aromatic carbocycles. The minimum atomic E-state index is -4.43. The first-order chi connectivity index (χ1) is 15.8. The number of aromatic nitrogens is 1. The van der Waals surface area contributed by atoms with Crippen molar-refractivity contribution in [2.45, 2.75) is 45.6 Å². The predicted octanol–water partition coefficient (Wildman–Crippen LogP) is 3.56. The van der Waals surface area contributed by atoms with Crippen molar-refractivity contribution in [1.29, 1.82) is 0 Å². The number of alkyl halides is 3. The van der Waals surface area contributed by atoms with E-state index in [2.05, 4.69) is 15.2 Å². The van der Waals surface area contributed by atoms with Crippen LogP contribution in [0.3, 0.4) is 0 Å². The quantitative estimate of drug-likeness (QED) is 0.575. The third-order valence-electron chi connectivity index (χ3n) is 5.69. The van der Waals surface area contributed by atoms with Gasteiger partial charge in [0, 0.05) is 38.8 Å². The minimum absolute atomic E-state index is 0.00143. The Morgan fingerprint density at radius 1 is 1.24 bits per heavy atom. The summed E-state index contributed by atoms with van der Waals surface area (Å²) in [5, 5.41) is 2.83. The third-order valence-corrected chi connectivity index (χ3v) is 5.69. The number of morpholine rings is 1. The molecule has 3 rings (SSSR count). The van der Waals surface area contributed by atoms with Gasteiger partial charge in [0.05, 0.1) is 25.3 Å².